The van der Waals surface area contributed by atoms with Crippen LogP contribution in [0, 0.1) is 11.8 Å². The molecule has 2 fully saturated rings. The predicted molar refractivity (Wildman–Crippen MR) is 76.7 cm³/mol. The zero-order chi connectivity index (χ0) is 12.8. The number of nitrogens with two attached hydrogens (primary N) is 1. The van der Waals surface area contributed by atoms with E-state index in [1.807, 2.05) is 0 Å². The van der Waals surface area contributed by atoms with Crippen LogP contribution < -0.4 is 11.1 Å². The maximum atomic E-state index is 5.88. The fraction of sp³-hybridized carbons (Fsp3) is 0.929. The molecular weight excluding hydrogens is 224 g/mol. The van der Waals surface area contributed by atoms with Crippen LogP contribution >= 0.6 is 0 Å². The first-order valence-corrected chi connectivity index (χ1v) is 7.50. The summed E-state index contributed by atoms with van der Waals surface area (Å²) >= 11 is 0. The van der Waals surface area contributed by atoms with Crippen LogP contribution in [0.25, 0.3) is 0 Å². The Balaban J connectivity index is 1.58. The third-order valence-electron chi connectivity index (χ3n) is 4.14. The second-order valence-electron chi connectivity index (χ2n) is 6.02. The van der Waals surface area contributed by atoms with Crippen molar-refractivity contribution in [1.82, 2.24) is 10.2 Å². The van der Waals surface area contributed by atoms with Gasteiger partial charge < -0.3 is 16.0 Å². The van der Waals surface area contributed by atoms with Crippen molar-refractivity contribution in [2.75, 3.05) is 32.7 Å². The Kier molecular flexibility index (Phi) is 5.29. The molecule has 1 aliphatic heterocycles. The van der Waals surface area contributed by atoms with Crippen LogP contribution in [0.5, 0.6) is 0 Å². The summed E-state index contributed by atoms with van der Waals surface area (Å²) in [6.07, 6.45) is 6.82. The summed E-state index contributed by atoms with van der Waals surface area (Å²) < 4.78 is 0. The van der Waals surface area contributed by atoms with Crippen molar-refractivity contribution in [2.45, 2.75) is 39.0 Å². The monoisotopic (exact) mass is 252 g/mol. The molecule has 104 valence electrons. The molecule has 2 rings (SSSR count). The van der Waals surface area contributed by atoms with Crippen molar-refractivity contribution in [2.24, 2.45) is 22.6 Å². The number of hydrogen-bond acceptors (Lipinski definition) is 2. The molecule has 1 aliphatic carbocycles. The maximum Gasteiger partial charge on any atom is 0.188 e. The van der Waals surface area contributed by atoms with Gasteiger partial charge in [0.1, 0.15) is 0 Å². The Hall–Kier alpha value is -0.770. The number of likely N-dealkylation sites (tertiary alicyclic amines) is 1. The number of aliphatic imine (C=N–C) groups is 1. The summed E-state index contributed by atoms with van der Waals surface area (Å²) in [6.45, 7) is 7.82. The van der Waals surface area contributed by atoms with E-state index >= 15 is 0 Å². The van der Waals surface area contributed by atoms with Crippen LogP contribution in [-0.4, -0.2) is 43.6 Å². The van der Waals surface area contributed by atoms with Crippen molar-refractivity contribution in [3.63, 3.8) is 0 Å². The minimum atomic E-state index is 0.604. The molecule has 1 atom stereocenters. The lowest BCUT2D eigenvalue weighted by Gasteiger charge is -2.25. The average Bonchev–Trinajstić information content (AvgIpc) is 2.77. The normalized spacial score (nSPS) is 23.9. The summed E-state index contributed by atoms with van der Waals surface area (Å²) in [5.41, 5.74) is 5.88. The summed E-state index contributed by atoms with van der Waals surface area (Å²) in [4.78, 5) is 6.99. The molecule has 1 saturated carbocycles. The second kappa shape index (κ2) is 6.98. The Morgan fingerprint density at radius 3 is 2.67 bits per heavy atom. The molecule has 0 radical (unpaired) electrons. The molecule has 18 heavy (non-hydrogen) atoms. The summed E-state index contributed by atoms with van der Waals surface area (Å²) in [6, 6.07) is 0. The molecule has 3 N–H and O–H groups in total. The highest BCUT2D eigenvalue weighted by Gasteiger charge is 2.17. The summed E-state index contributed by atoms with van der Waals surface area (Å²) in [5.74, 6) is 2.07. The second-order valence-corrected chi connectivity index (χ2v) is 6.02. The van der Waals surface area contributed by atoms with Crippen LogP contribution in [0.15, 0.2) is 4.99 Å². The predicted octanol–water partition coefficient (Wildman–Crippen LogP) is 1.42. The standard InChI is InChI=1S/C14H28N4/c1-12(11-18-7-2-3-8-18)9-16-14(15)17-10-13-5-4-6-13/h12-13H,2-11H2,1H3,(H3,15,16,17). The molecule has 2 aliphatic rings. The Bertz CT molecular complexity index is 267. The smallest absolute Gasteiger partial charge is 0.188 e. The van der Waals surface area contributed by atoms with Crippen LogP contribution in [-0.2, 0) is 0 Å². The van der Waals surface area contributed by atoms with E-state index in [4.69, 9.17) is 5.73 Å². The van der Waals surface area contributed by atoms with Gasteiger partial charge in [0.05, 0.1) is 0 Å². The van der Waals surface area contributed by atoms with E-state index in [1.165, 1.54) is 51.7 Å². The zero-order valence-corrected chi connectivity index (χ0v) is 11.7. The lowest BCUT2D eigenvalue weighted by atomic mass is 9.85. The topological polar surface area (TPSA) is 53.6 Å². The fourth-order valence-corrected chi connectivity index (χ4v) is 2.72. The van der Waals surface area contributed by atoms with E-state index < -0.39 is 0 Å². The molecule has 4 heteroatoms. The van der Waals surface area contributed by atoms with Crippen molar-refractivity contribution in [3.8, 4) is 0 Å². The highest BCUT2D eigenvalue weighted by atomic mass is 15.1. The van der Waals surface area contributed by atoms with Gasteiger partial charge in [0.2, 0.25) is 0 Å². The molecule has 4 nitrogen and oxygen atoms in total. The molecule has 0 aromatic heterocycles. The van der Waals surface area contributed by atoms with Crippen molar-refractivity contribution >= 4 is 5.96 Å². The minimum absolute atomic E-state index is 0.604. The lowest BCUT2D eigenvalue weighted by molar-refractivity contribution is 0.291. The van der Waals surface area contributed by atoms with Gasteiger partial charge in [-0.05, 0) is 50.6 Å². The maximum absolute atomic E-state index is 5.88. The Labute approximate surface area is 111 Å². The van der Waals surface area contributed by atoms with Crippen molar-refractivity contribution in [1.29, 1.82) is 0 Å². The quantitative estimate of drug-likeness (QED) is 0.555. The molecular formula is C14H28N4. The highest BCUT2D eigenvalue weighted by molar-refractivity contribution is 5.77. The number of rotatable bonds is 6. The first-order chi connectivity index (χ1) is 8.74. The third-order valence-corrected chi connectivity index (χ3v) is 4.14. The van der Waals surface area contributed by atoms with Gasteiger partial charge in [-0.15, -0.1) is 0 Å². The number of nitrogens with zero attached hydrogens (tertiary/aromatic N) is 2. The first-order valence-electron chi connectivity index (χ1n) is 7.50. The highest BCUT2D eigenvalue weighted by Crippen LogP contribution is 2.24. The molecule has 0 aromatic rings. The fourth-order valence-electron chi connectivity index (χ4n) is 2.72. The van der Waals surface area contributed by atoms with Gasteiger partial charge in [-0.3, -0.25) is 4.99 Å². The van der Waals surface area contributed by atoms with Gasteiger partial charge in [0.25, 0.3) is 0 Å². The van der Waals surface area contributed by atoms with Gasteiger partial charge in [-0.25, -0.2) is 0 Å². The molecule has 1 saturated heterocycles. The van der Waals surface area contributed by atoms with Gasteiger partial charge in [0.15, 0.2) is 5.96 Å². The molecule has 1 unspecified atom stereocenters. The van der Waals surface area contributed by atoms with E-state index in [0.29, 0.717) is 11.9 Å². The van der Waals surface area contributed by atoms with E-state index in [1.54, 1.807) is 0 Å². The Morgan fingerprint density at radius 1 is 1.33 bits per heavy atom. The van der Waals surface area contributed by atoms with Crippen LogP contribution in [0.2, 0.25) is 0 Å². The van der Waals surface area contributed by atoms with E-state index in [9.17, 15) is 0 Å². The number of nitrogens with one attached hydrogen (secondary N) is 1. The lowest BCUT2D eigenvalue weighted by Crippen LogP contribution is -2.37. The van der Waals surface area contributed by atoms with E-state index in [0.717, 1.165) is 19.0 Å². The third kappa shape index (κ3) is 4.48. The van der Waals surface area contributed by atoms with Crippen LogP contribution in [0.3, 0.4) is 0 Å². The zero-order valence-electron chi connectivity index (χ0n) is 11.7. The average molecular weight is 252 g/mol. The SMILES string of the molecule is CC(CN=C(N)NCC1CCC1)CN1CCCC1. The summed E-state index contributed by atoms with van der Waals surface area (Å²) in [5, 5.41) is 3.25. The van der Waals surface area contributed by atoms with Gasteiger partial charge in [-0.2, -0.15) is 0 Å². The van der Waals surface area contributed by atoms with Gasteiger partial charge in [0, 0.05) is 19.6 Å². The Morgan fingerprint density at radius 2 is 2.06 bits per heavy atom. The largest absolute Gasteiger partial charge is 0.370 e. The number of guanidine groups is 1. The molecule has 1 heterocycles. The van der Waals surface area contributed by atoms with Gasteiger partial charge >= 0.3 is 0 Å². The summed E-state index contributed by atoms with van der Waals surface area (Å²) in [7, 11) is 0. The first kappa shape index (κ1) is 13.7. The molecule has 0 amide bonds. The van der Waals surface area contributed by atoms with Crippen LogP contribution in [0.4, 0.5) is 0 Å². The van der Waals surface area contributed by atoms with E-state index in [-0.39, 0.29) is 0 Å². The molecule has 0 spiro atoms. The van der Waals surface area contributed by atoms with E-state index in [2.05, 4.69) is 22.1 Å². The molecule has 0 aromatic carbocycles. The van der Waals surface area contributed by atoms with Gasteiger partial charge in [-0.1, -0.05) is 13.3 Å². The molecule has 0 bridgehead atoms. The number of hydrogen-bond donors (Lipinski definition) is 2. The minimum Gasteiger partial charge on any atom is -0.370 e. The van der Waals surface area contributed by atoms with Crippen LogP contribution in [0.1, 0.15) is 39.0 Å². The van der Waals surface area contributed by atoms with Crippen molar-refractivity contribution < 1.29 is 0 Å². The van der Waals surface area contributed by atoms with Crippen molar-refractivity contribution in [3.05, 3.63) is 0 Å².